The first kappa shape index (κ1) is 13.6. The van der Waals surface area contributed by atoms with Gasteiger partial charge in [0.2, 0.25) is 11.8 Å². The first-order valence-corrected chi connectivity index (χ1v) is 7.81. The van der Waals surface area contributed by atoms with E-state index in [1.165, 1.54) is 17.7 Å². The van der Waals surface area contributed by atoms with Gasteiger partial charge in [0.25, 0.3) is 0 Å². The van der Waals surface area contributed by atoms with E-state index >= 15 is 0 Å². The van der Waals surface area contributed by atoms with Gasteiger partial charge < -0.3 is 0 Å². The zero-order valence-electron chi connectivity index (χ0n) is 11.8. The molecule has 2 saturated carbocycles. The second-order valence-corrected chi connectivity index (χ2v) is 6.44. The van der Waals surface area contributed by atoms with Crippen molar-refractivity contribution in [1.82, 2.24) is 10.2 Å². The van der Waals surface area contributed by atoms with E-state index in [-0.39, 0.29) is 11.8 Å². The predicted octanol–water partition coefficient (Wildman–Crippen LogP) is 2.21. The van der Waals surface area contributed by atoms with Crippen LogP contribution in [0.4, 0.5) is 4.79 Å². The highest BCUT2D eigenvalue weighted by Crippen LogP contribution is 2.40. The maximum Gasteiger partial charge on any atom is 0.330 e. The van der Waals surface area contributed by atoms with Gasteiger partial charge in [-0.1, -0.05) is 38.5 Å². The standard InChI is InChI=1S/C15H22N2O3/c18-12-15(8-3-1-2-4-9-15)13(19)17(14(20)16-12)10-7-11-5-6-11/h11H,1-10H2,(H,16,18,20). The van der Waals surface area contributed by atoms with Gasteiger partial charge in [-0.15, -0.1) is 0 Å². The second-order valence-electron chi connectivity index (χ2n) is 6.44. The molecule has 0 aromatic rings. The predicted molar refractivity (Wildman–Crippen MR) is 72.7 cm³/mol. The highest BCUT2D eigenvalue weighted by atomic mass is 16.2. The lowest BCUT2D eigenvalue weighted by Crippen LogP contribution is -2.63. The van der Waals surface area contributed by atoms with Gasteiger partial charge in [0.15, 0.2) is 0 Å². The fourth-order valence-electron chi connectivity index (χ4n) is 3.43. The quantitative estimate of drug-likeness (QED) is 0.805. The second kappa shape index (κ2) is 5.19. The van der Waals surface area contributed by atoms with Crippen molar-refractivity contribution in [2.24, 2.45) is 11.3 Å². The van der Waals surface area contributed by atoms with E-state index in [1.807, 2.05) is 0 Å². The molecule has 1 aliphatic heterocycles. The minimum Gasteiger partial charge on any atom is -0.277 e. The van der Waals surface area contributed by atoms with Crippen LogP contribution in [0.25, 0.3) is 0 Å². The van der Waals surface area contributed by atoms with Gasteiger partial charge in [0.05, 0.1) is 0 Å². The number of carbonyl (C=O) groups excluding carboxylic acids is 3. The molecule has 1 N–H and O–H groups in total. The van der Waals surface area contributed by atoms with Crippen molar-refractivity contribution in [2.45, 2.75) is 57.8 Å². The van der Waals surface area contributed by atoms with Crippen LogP contribution < -0.4 is 5.32 Å². The SMILES string of the molecule is O=C1NC(=O)C2(CCCCCC2)C(=O)N1CCC1CC1. The van der Waals surface area contributed by atoms with Crippen LogP contribution in [-0.4, -0.2) is 29.3 Å². The van der Waals surface area contributed by atoms with E-state index in [9.17, 15) is 14.4 Å². The topological polar surface area (TPSA) is 66.5 Å². The molecule has 5 nitrogen and oxygen atoms in total. The summed E-state index contributed by atoms with van der Waals surface area (Å²) in [7, 11) is 0. The number of nitrogens with one attached hydrogen (secondary N) is 1. The van der Waals surface area contributed by atoms with E-state index in [1.54, 1.807) is 0 Å². The summed E-state index contributed by atoms with van der Waals surface area (Å²) < 4.78 is 0. The molecule has 20 heavy (non-hydrogen) atoms. The van der Waals surface area contributed by atoms with Crippen LogP contribution in [0.2, 0.25) is 0 Å². The third-order valence-corrected chi connectivity index (χ3v) is 4.97. The molecule has 3 aliphatic rings. The van der Waals surface area contributed by atoms with Crippen LogP contribution in [0.1, 0.15) is 57.8 Å². The van der Waals surface area contributed by atoms with Crippen molar-refractivity contribution in [2.75, 3.05) is 6.54 Å². The molecular formula is C15H22N2O3. The Labute approximate surface area is 119 Å². The number of urea groups is 1. The van der Waals surface area contributed by atoms with Gasteiger partial charge in [0.1, 0.15) is 5.41 Å². The van der Waals surface area contributed by atoms with Gasteiger partial charge in [-0.2, -0.15) is 0 Å². The summed E-state index contributed by atoms with van der Waals surface area (Å²) in [6.07, 6.45) is 8.38. The Balaban J connectivity index is 1.78. The highest BCUT2D eigenvalue weighted by molar-refractivity contribution is 6.19. The normalized spacial score (nSPS) is 26.6. The molecule has 1 saturated heterocycles. The number of rotatable bonds is 3. The molecule has 4 amide bonds. The molecule has 3 rings (SSSR count). The molecule has 1 spiro atoms. The molecule has 110 valence electrons. The summed E-state index contributed by atoms with van der Waals surface area (Å²) >= 11 is 0. The van der Waals surface area contributed by atoms with Crippen molar-refractivity contribution in [3.05, 3.63) is 0 Å². The van der Waals surface area contributed by atoms with Crippen molar-refractivity contribution in [3.63, 3.8) is 0 Å². The van der Waals surface area contributed by atoms with Crippen molar-refractivity contribution in [1.29, 1.82) is 0 Å². The molecular weight excluding hydrogens is 256 g/mol. The number of hydrogen-bond donors (Lipinski definition) is 1. The minimum atomic E-state index is -0.964. The average Bonchev–Trinajstić information content (AvgIpc) is 3.24. The molecule has 0 aromatic heterocycles. The smallest absolute Gasteiger partial charge is 0.277 e. The molecule has 3 fully saturated rings. The van der Waals surface area contributed by atoms with Crippen molar-refractivity contribution < 1.29 is 14.4 Å². The van der Waals surface area contributed by atoms with Crippen LogP contribution in [0.3, 0.4) is 0 Å². The number of carbonyl (C=O) groups is 3. The Morgan fingerprint density at radius 3 is 2.30 bits per heavy atom. The fourth-order valence-corrected chi connectivity index (χ4v) is 3.43. The number of amides is 4. The summed E-state index contributed by atoms with van der Waals surface area (Å²) in [4.78, 5) is 38.2. The fraction of sp³-hybridized carbons (Fsp3) is 0.800. The average molecular weight is 278 g/mol. The lowest BCUT2D eigenvalue weighted by atomic mass is 9.77. The lowest BCUT2D eigenvalue weighted by Gasteiger charge is -2.38. The molecule has 0 radical (unpaired) electrons. The lowest BCUT2D eigenvalue weighted by molar-refractivity contribution is -0.152. The summed E-state index contributed by atoms with van der Waals surface area (Å²) in [6, 6.07) is -0.518. The van der Waals surface area contributed by atoms with Gasteiger partial charge in [-0.3, -0.25) is 19.8 Å². The minimum absolute atomic E-state index is 0.242. The number of barbiturate groups is 1. The van der Waals surface area contributed by atoms with Gasteiger partial charge in [-0.05, 0) is 25.2 Å². The monoisotopic (exact) mass is 278 g/mol. The number of hydrogen-bond acceptors (Lipinski definition) is 3. The van der Waals surface area contributed by atoms with E-state index in [2.05, 4.69) is 5.32 Å². The molecule has 0 aromatic carbocycles. The third kappa shape index (κ3) is 2.34. The van der Waals surface area contributed by atoms with Crippen LogP contribution >= 0.6 is 0 Å². The molecule has 1 heterocycles. The van der Waals surface area contributed by atoms with Crippen molar-refractivity contribution >= 4 is 17.8 Å². The molecule has 2 aliphatic carbocycles. The summed E-state index contributed by atoms with van der Waals surface area (Å²) in [5, 5.41) is 2.42. The molecule has 0 unspecified atom stereocenters. The van der Waals surface area contributed by atoms with Crippen LogP contribution in [-0.2, 0) is 9.59 Å². The maximum atomic E-state index is 12.8. The maximum absolute atomic E-state index is 12.8. The molecule has 0 bridgehead atoms. The van der Waals surface area contributed by atoms with Crippen LogP contribution in [0.5, 0.6) is 0 Å². The highest BCUT2D eigenvalue weighted by Gasteiger charge is 2.53. The number of nitrogens with zero attached hydrogens (tertiary/aromatic N) is 1. The van der Waals surface area contributed by atoms with E-state index < -0.39 is 11.4 Å². The van der Waals surface area contributed by atoms with Gasteiger partial charge in [-0.25, -0.2) is 4.79 Å². The zero-order valence-corrected chi connectivity index (χ0v) is 11.8. The Kier molecular flexibility index (Phi) is 3.52. The van der Waals surface area contributed by atoms with Crippen LogP contribution in [0, 0.1) is 11.3 Å². The van der Waals surface area contributed by atoms with E-state index in [0.717, 1.165) is 32.1 Å². The first-order valence-electron chi connectivity index (χ1n) is 7.81. The van der Waals surface area contributed by atoms with E-state index in [4.69, 9.17) is 0 Å². The molecule has 5 heteroatoms. The van der Waals surface area contributed by atoms with Gasteiger partial charge >= 0.3 is 6.03 Å². The number of imide groups is 2. The Bertz CT molecular complexity index is 434. The Morgan fingerprint density at radius 2 is 1.70 bits per heavy atom. The van der Waals surface area contributed by atoms with Crippen molar-refractivity contribution in [3.8, 4) is 0 Å². The molecule has 0 atom stereocenters. The van der Waals surface area contributed by atoms with E-state index in [0.29, 0.717) is 25.3 Å². The zero-order chi connectivity index (χ0) is 14.2. The Morgan fingerprint density at radius 1 is 1.05 bits per heavy atom. The Hall–Kier alpha value is -1.39. The summed E-state index contributed by atoms with van der Waals surface area (Å²) in [6.45, 7) is 0.463. The largest absolute Gasteiger partial charge is 0.330 e. The summed E-state index contributed by atoms with van der Waals surface area (Å²) in [5.74, 6) is 0.0594. The third-order valence-electron chi connectivity index (χ3n) is 4.97. The van der Waals surface area contributed by atoms with Gasteiger partial charge in [0, 0.05) is 6.54 Å². The van der Waals surface area contributed by atoms with Crippen LogP contribution in [0.15, 0.2) is 0 Å². The first-order chi connectivity index (χ1) is 9.63. The summed E-state index contributed by atoms with van der Waals surface area (Å²) in [5.41, 5.74) is -0.964.